The molecule has 1 fully saturated rings. The number of amides is 3. The number of ether oxygens (including phenoxy) is 1. The van der Waals surface area contributed by atoms with Gasteiger partial charge in [-0.25, -0.2) is 14.6 Å². The Morgan fingerprint density at radius 2 is 1.60 bits per heavy atom. The molecule has 0 saturated carbocycles. The third-order valence-corrected chi connectivity index (χ3v) is 7.16. The zero-order chi connectivity index (χ0) is 30.2. The summed E-state index contributed by atoms with van der Waals surface area (Å²) in [6.45, 7) is 4.93. The number of methoxy groups -OCH3 is 1. The number of esters is 1. The lowest BCUT2D eigenvalue weighted by atomic mass is 10.1. The Hall–Kier alpha value is -4.80. The van der Waals surface area contributed by atoms with E-state index in [1.54, 1.807) is 36.5 Å². The van der Waals surface area contributed by atoms with Crippen LogP contribution in [-0.4, -0.2) is 55.8 Å². The fourth-order valence-corrected chi connectivity index (χ4v) is 4.75. The van der Waals surface area contributed by atoms with Crippen LogP contribution in [0.5, 0.6) is 0 Å². The first-order valence-electron chi connectivity index (χ1n) is 14.1. The molecular weight excluding hydrogens is 538 g/mol. The van der Waals surface area contributed by atoms with Crippen molar-refractivity contribution in [3.05, 3.63) is 98.7 Å². The van der Waals surface area contributed by atoms with Gasteiger partial charge in [-0.2, -0.15) is 0 Å². The molecule has 2 heterocycles. The Kier molecular flexibility index (Phi) is 9.85. The molecule has 1 aromatic heterocycles. The minimum absolute atomic E-state index is 0.0500. The molecule has 1 aliphatic rings. The van der Waals surface area contributed by atoms with Crippen LogP contribution < -0.4 is 0 Å². The van der Waals surface area contributed by atoms with E-state index in [0.717, 1.165) is 37.1 Å². The molecule has 0 unspecified atom stereocenters. The van der Waals surface area contributed by atoms with Crippen LogP contribution in [0, 0.1) is 10.1 Å². The zero-order valence-corrected chi connectivity index (χ0v) is 24.1. The molecule has 0 atom stereocenters. The van der Waals surface area contributed by atoms with Crippen LogP contribution in [0.4, 0.5) is 10.5 Å². The summed E-state index contributed by atoms with van der Waals surface area (Å²) in [6, 6.07) is 12.6. The number of carbonyl (C=O) groups excluding carboxylic acids is 3. The maximum Gasteiger partial charge on any atom is 0.337 e. The first-order valence-corrected chi connectivity index (χ1v) is 14.1. The predicted molar refractivity (Wildman–Crippen MR) is 156 cm³/mol. The highest BCUT2D eigenvalue weighted by Crippen LogP contribution is 2.28. The van der Waals surface area contributed by atoms with Crippen molar-refractivity contribution in [2.75, 3.05) is 13.7 Å². The van der Waals surface area contributed by atoms with Gasteiger partial charge in [-0.3, -0.25) is 24.7 Å². The van der Waals surface area contributed by atoms with E-state index in [2.05, 4.69) is 11.9 Å². The molecule has 0 N–H and O–H groups in total. The number of imide groups is 1. The number of nitro benzene ring substituents is 1. The molecule has 4 rings (SSSR count). The van der Waals surface area contributed by atoms with E-state index in [4.69, 9.17) is 4.74 Å². The van der Waals surface area contributed by atoms with Crippen LogP contribution in [0.1, 0.15) is 72.5 Å². The number of hydrogen-bond donors (Lipinski definition) is 0. The summed E-state index contributed by atoms with van der Waals surface area (Å²) in [5.74, 6) is 0.0475. The van der Waals surface area contributed by atoms with E-state index < -0.39 is 16.9 Å². The van der Waals surface area contributed by atoms with Crippen LogP contribution in [0.3, 0.4) is 0 Å². The number of rotatable bonds is 13. The maximum atomic E-state index is 13.6. The largest absolute Gasteiger partial charge is 0.465 e. The zero-order valence-electron chi connectivity index (χ0n) is 24.1. The molecule has 0 spiro atoms. The molecule has 42 heavy (non-hydrogen) atoms. The van der Waals surface area contributed by atoms with Crippen LogP contribution in [0.2, 0.25) is 0 Å². The van der Waals surface area contributed by atoms with Crippen molar-refractivity contribution in [1.29, 1.82) is 0 Å². The van der Waals surface area contributed by atoms with Gasteiger partial charge in [0.25, 0.3) is 11.6 Å². The lowest BCUT2D eigenvalue weighted by molar-refractivity contribution is -0.384. The molecule has 0 aliphatic carbocycles. The second-order valence-electron chi connectivity index (χ2n) is 10.1. The van der Waals surface area contributed by atoms with E-state index in [1.807, 2.05) is 23.6 Å². The van der Waals surface area contributed by atoms with Gasteiger partial charge in [-0.05, 0) is 42.2 Å². The van der Waals surface area contributed by atoms with Gasteiger partial charge in [-0.1, -0.05) is 51.0 Å². The quantitative estimate of drug-likeness (QED) is 0.0859. The lowest BCUT2D eigenvalue weighted by Gasteiger charge is -2.17. The van der Waals surface area contributed by atoms with Crippen molar-refractivity contribution in [2.45, 2.75) is 59.0 Å². The SMILES string of the molecule is CCCCc1ncc(/C=C2/C(=O)N(CCCC)C(=O)N2Cc2ccc([N+](=O)[O-])cc2)n1Cc1ccc(C(=O)OC)cc1. The number of aromatic nitrogens is 2. The first kappa shape index (κ1) is 30.2. The summed E-state index contributed by atoms with van der Waals surface area (Å²) < 4.78 is 6.82. The average Bonchev–Trinajstić information content (AvgIpc) is 3.47. The molecule has 0 radical (unpaired) electrons. The number of imidazole rings is 1. The molecule has 3 aromatic rings. The number of benzene rings is 2. The molecule has 11 nitrogen and oxygen atoms in total. The van der Waals surface area contributed by atoms with Crippen molar-refractivity contribution < 1.29 is 24.0 Å². The van der Waals surface area contributed by atoms with Crippen molar-refractivity contribution in [2.24, 2.45) is 0 Å². The fourth-order valence-electron chi connectivity index (χ4n) is 4.75. The summed E-state index contributed by atoms with van der Waals surface area (Å²) in [6.07, 6.45) is 7.56. The van der Waals surface area contributed by atoms with Gasteiger partial charge in [0.1, 0.15) is 11.5 Å². The minimum Gasteiger partial charge on any atom is -0.465 e. The summed E-state index contributed by atoms with van der Waals surface area (Å²) in [5, 5.41) is 11.1. The third-order valence-electron chi connectivity index (χ3n) is 7.16. The summed E-state index contributed by atoms with van der Waals surface area (Å²) in [5.41, 5.74) is 2.88. The van der Waals surface area contributed by atoms with Crippen LogP contribution in [0.15, 0.2) is 60.4 Å². The molecule has 11 heteroatoms. The Balaban J connectivity index is 1.71. The Morgan fingerprint density at radius 1 is 0.952 bits per heavy atom. The number of nitro groups is 1. The van der Waals surface area contributed by atoms with E-state index in [0.29, 0.717) is 36.3 Å². The van der Waals surface area contributed by atoms with Crippen molar-refractivity contribution in [1.82, 2.24) is 19.4 Å². The van der Waals surface area contributed by atoms with E-state index in [-0.39, 0.29) is 23.8 Å². The molecule has 1 saturated heterocycles. The lowest BCUT2D eigenvalue weighted by Crippen LogP contribution is -2.33. The topological polar surface area (TPSA) is 128 Å². The number of carbonyl (C=O) groups is 3. The third kappa shape index (κ3) is 6.73. The van der Waals surface area contributed by atoms with Gasteiger partial charge in [-0.15, -0.1) is 0 Å². The number of hydrogen-bond acceptors (Lipinski definition) is 7. The number of nitrogens with zero attached hydrogens (tertiary/aromatic N) is 5. The highest BCUT2D eigenvalue weighted by molar-refractivity contribution is 6.13. The smallest absolute Gasteiger partial charge is 0.337 e. The van der Waals surface area contributed by atoms with Gasteiger partial charge in [0, 0.05) is 31.6 Å². The highest BCUT2D eigenvalue weighted by atomic mass is 16.6. The Labute approximate surface area is 244 Å². The second-order valence-corrected chi connectivity index (χ2v) is 10.1. The summed E-state index contributed by atoms with van der Waals surface area (Å²) in [7, 11) is 1.34. The molecule has 1 aliphatic heterocycles. The summed E-state index contributed by atoms with van der Waals surface area (Å²) >= 11 is 0. The molecular formula is C31H35N5O6. The van der Waals surface area contributed by atoms with Crippen LogP contribution >= 0.6 is 0 Å². The first-order chi connectivity index (χ1) is 20.3. The number of aryl methyl sites for hydroxylation is 1. The van der Waals surface area contributed by atoms with Crippen molar-refractivity contribution in [3.63, 3.8) is 0 Å². The standard InChI is InChI=1S/C31H35N5O6/c1-4-6-8-28-32-19-26(34(28)20-22-9-13-24(14-10-22)30(38)42-3)18-27-29(37)33(17-7-5-2)31(39)35(27)21-23-11-15-25(16-12-23)36(40)41/h9-16,18-19H,4-8,17,20-21H2,1-3H3/b27-18-. The second kappa shape index (κ2) is 13.7. The molecule has 3 amide bonds. The van der Waals surface area contributed by atoms with Crippen LogP contribution in [-0.2, 0) is 29.0 Å². The van der Waals surface area contributed by atoms with Crippen molar-refractivity contribution in [3.8, 4) is 0 Å². The highest BCUT2D eigenvalue weighted by Gasteiger charge is 2.40. The van der Waals surface area contributed by atoms with Gasteiger partial charge in [0.15, 0.2) is 0 Å². The maximum absolute atomic E-state index is 13.6. The monoisotopic (exact) mass is 573 g/mol. The Morgan fingerprint density at radius 3 is 2.21 bits per heavy atom. The molecule has 2 aromatic carbocycles. The van der Waals surface area contributed by atoms with Crippen molar-refractivity contribution >= 4 is 29.7 Å². The normalized spacial score (nSPS) is 14.2. The molecule has 220 valence electrons. The number of unbranched alkanes of at least 4 members (excludes halogenated alkanes) is 2. The van der Waals surface area contributed by atoms with Crippen LogP contribution in [0.25, 0.3) is 6.08 Å². The van der Waals surface area contributed by atoms with Gasteiger partial charge < -0.3 is 9.30 Å². The van der Waals surface area contributed by atoms with E-state index >= 15 is 0 Å². The van der Waals surface area contributed by atoms with Gasteiger partial charge in [0.05, 0.1) is 36.0 Å². The predicted octanol–water partition coefficient (Wildman–Crippen LogP) is 5.57. The van der Waals surface area contributed by atoms with Gasteiger partial charge >= 0.3 is 12.0 Å². The van der Waals surface area contributed by atoms with E-state index in [1.165, 1.54) is 29.0 Å². The van der Waals surface area contributed by atoms with Gasteiger partial charge in [0.2, 0.25) is 0 Å². The molecule has 0 bridgehead atoms. The fraction of sp³-hybridized carbons (Fsp3) is 0.355. The number of urea groups is 1. The minimum atomic E-state index is -0.480. The number of non-ortho nitro benzene ring substituents is 1. The Bertz CT molecular complexity index is 1480. The van der Waals surface area contributed by atoms with E-state index in [9.17, 15) is 24.5 Å². The average molecular weight is 574 g/mol. The summed E-state index contributed by atoms with van der Waals surface area (Å²) in [4.78, 5) is 56.9.